The third-order valence-corrected chi connectivity index (χ3v) is 4.11. The van der Waals surface area contributed by atoms with Gasteiger partial charge in [0.05, 0.1) is 15.2 Å². The number of carbonyl (C=O) groups is 1. The van der Waals surface area contributed by atoms with E-state index in [0.29, 0.717) is 15.2 Å². The lowest BCUT2D eigenvalue weighted by atomic mass is 10.1. The van der Waals surface area contributed by atoms with Gasteiger partial charge >= 0.3 is 0 Å². The maximum absolute atomic E-state index is 13.9. The molecule has 0 aromatic heterocycles. The van der Waals surface area contributed by atoms with Crippen LogP contribution in [0.15, 0.2) is 34.8 Å². The molecular weight excluding hydrogens is 352 g/mol. The third kappa shape index (κ3) is 2.83. The number of aryl methyl sites for hydroxylation is 1. The highest BCUT2D eigenvalue weighted by Gasteiger charge is 2.20. The van der Waals surface area contributed by atoms with E-state index in [1.165, 1.54) is 13.0 Å². The lowest BCUT2D eigenvalue weighted by molar-refractivity contribution is 0.101. The van der Waals surface area contributed by atoms with E-state index in [1.807, 2.05) is 0 Å². The summed E-state index contributed by atoms with van der Waals surface area (Å²) in [5.41, 5.74) is -0.0820. The van der Waals surface area contributed by atoms with Crippen molar-refractivity contribution in [2.75, 3.05) is 5.32 Å². The first-order valence-corrected chi connectivity index (χ1v) is 6.79. The monoisotopic (exact) mass is 359 g/mol. The normalized spacial score (nSPS) is 10.4. The van der Waals surface area contributed by atoms with Gasteiger partial charge < -0.3 is 5.32 Å². The smallest absolute Gasteiger partial charge is 0.261 e. The van der Waals surface area contributed by atoms with Gasteiger partial charge in [0.1, 0.15) is 17.2 Å². The maximum Gasteiger partial charge on any atom is 0.261 e. The van der Waals surface area contributed by atoms with Gasteiger partial charge in [-0.1, -0.05) is 23.7 Å². The molecule has 2 nitrogen and oxygen atoms in total. The van der Waals surface area contributed by atoms with Crippen LogP contribution in [0, 0.1) is 18.6 Å². The van der Waals surface area contributed by atoms with Crippen LogP contribution in [-0.4, -0.2) is 5.91 Å². The van der Waals surface area contributed by atoms with Crippen molar-refractivity contribution < 1.29 is 13.6 Å². The van der Waals surface area contributed by atoms with E-state index in [-0.39, 0.29) is 5.56 Å². The molecule has 0 heterocycles. The van der Waals surface area contributed by atoms with Crippen LogP contribution in [0.3, 0.4) is 0 Å². The van der Waals surface area contributed by atoms with Crippen molar-refractivity contribution in [3.63, 3.8) is 0 Å². The van der Waals surface area contributed by atoms with Crippen molar-refractivity contribution in [1.29, 1.82) is 0 Å². The van der Waals surface area contributed by atoms with Gasteiger partial charge in [-0.05, 0) is 46.6 Å². The molecule has 0 saturated carbocycles. The highest BCUT2D eigenvalue weighted by atomic mass is 79.9. The number of carbonyl (C=O) groups excluding carboxylic acids is 1. The fourth-order valence-corrected chi connectivity index (χ4v) is 2.19. The molecule has 1 N–H and O–H groups in total. The Bertz CT molecular complexity index is 691. The second kappa shape index (κ2) is 5.89. The highest BCUT2D eigenvalue weighted by Crippen LogP contribution is 2.30. The SMILES string of the molecule is Cc1ccc(F)c(C(=O)Nc2cccc(Cl)c2Br)c1F. The zero-order chi connectivity index (χ0) is 14.9. The maximum atomic E-state index is 13.9. The first kappa shape index (κ1) is 14.9. The number of benzene rings is 2. The molecule has 0 aliphatic heterocycles. The molecule has 0 radical (unpaired) electrons. The van der Waals surface area contributed by atoms with E-state index < -0.39 is 23.1 Å². The van der Waals surface area contributed by atoms with Crippen molar-refractivity contribution in [3.05, 3.63) is 62.6 Å². The van der Waals surface area contributed by atoms with Crippen LogP contribution in [0.25, 0.3) is 0 Å². The summed E-state index contributed by atoms with van der Waals surface area (Å²) in [4.78, 5) is 12.0. The van der Waals surface area contributed by atoms with Gasteiger partial charge in [0, 0.05) is 0 Å². The molecule has 104 valence electrons. The second-order valence-electron chi connectivity index (χ2n) is 4.11. The fraction of sp³-hybridized carbons (Fsp3) is 0.0714. The van der Waals surface area contributed by atoms with Gasteiger partial charge in [-0.15, -0.1) is 0 Å². The number of anilines is 1. The Kier molecular flexibility index (Phi) is 4.40. The summed E-state index contributed by atoms with van der Waals surface area (Å²) in [6, 6.07) is 7.14. The predicted molar refractivity (Wildman–Crippen MR) is 78.2 cm³/mol. The molecule has 1 amide bonds. The van der Waals surface area contributed by atoms with Crippen LogP contribution < -0.4 is 5.32 Å². The van der Waals surface area contributed by atoms with Gasteiger partial charge in [0.15, 0.2) is 0 Å². The summed E-state index contributed by atoms with van der Waals surface area (Å²) in [6.45, 7) is 1.46. The number of halogens is 4. The van der Waals surface area contributed by atoms with Crippen LogP contribution in [-0.2, 0) is 0 Å². The van der Waals surface area contributed by atoms with Crippen molar-refractivity contribution in [3.8, 4) is 0 Å². The topological polar surface area (TPSA) is 29.1 Å². The molecule has 2 rings (SSSR count). The van der Waals surface area contributed by atoms with Crippen molar-refractivity contribution in [1.82, 2.24) is 0 Å². The van der Waals surface area contributed by atoms with E-state index >= 15 is 0 Å². The van der Waals surface area contributed by atoms with Crippen molar-refractivity contribution in [2.24, 2.45) is 0 Å². The summed E-state index contributed by atoms with van der Waals surface area (Å²) in [5.74, 6) is -2.66. The Hall–Kier alpha value is -1.46. The minimum Gasteiger partial charge on any atom is -0.321 e. The number of hydrogen-bond donors (Lipinski definition) is 1. The van der Waals surface area contributed by atoms with E-state index in [4.69, 9.17) is 11.6 Å². The molecule has 0 aliphatic carbocycles. The average Bonchev–Trinajstić information content (AvgIpc) is 2.40. The van der Waals surface area contributed by atoms with E-state index in [2.05, 4.69) is 21.2 Å². The Labute approximate surface area is 127 Å². The third-order valence-electron chi connectivity index (χ3n) is 2.71. The average molecular weight is 361 g/mol. The van der Waals surface area contributed by atoms with Crippen LogP contribution in [0.1, 0.15) is 15.9 Å². The van der Waals surface area contributed by atoms with Gasteiger partial charge in [0.2, 0.25) is 0 Å². The molecule has 20 heavy (non-hydrogen) atoms. The second-order valence-corrected chi connectivity index (χ2v) is 5.31. The first-order valence-electron chi connectivity index (χ1n) is 5.61. The number of amides is 1. The molecular formula is C14H9BrClF2NO. The molecule has 0 aliphatic rings. The Balaban J connectivity index is 2.39. The molecule has 0 spiro atoms. The number of rotatable bonds is 2. The number of hydrogen-bond acceptors (Lipinski definition) is 1. The summed E-state index contributed by atoms with van der Waals surface area (Å²) < 4.78 is 27.9. The van der Waals surface area contributed by atoms with Gasteiger partial charge in [0.25, 0.3) is 5.91 Å². The molecule has 0 unspecified atom stereocenters. The Morgan fingerprint density at radius 1 is 1.25 bits per heavy atom. The lowest BCUT2D eigenvalue weighted by Gasteiger charge is -2.10. The Morgan fingerprint density at radius 3 is 2.65 bits per heavy atom. The molecule has 0 atom stereocenters. The zero-order valence-electron chi connectivity index (χ0n) is 10.3. The van der Waals surface area contributed by atoms with Crippen molar-refractivity contribution in [2.45, 2.75) is 6.92 Å². The van der Waals surface area contributed by atoms with Gasteiger partial charge in [-0.25, -0.2) is 8.78 Å². The molecule has 2 aromatic carbocycles. The number of nitrogens with one attached hydrogen (secondary N) is 1. The van der Waals surface area contributed by atoms with Crippen LogP contribution in [0.5, 0.6) is 0 Å². The van der Waals surface area contributed by atoms with E-state index in [1.54, 1.807) is 18.2 Å². The van der Waals surface area contributed by atoms with Crippen LogP contribution in [0.2, 0.25) is 5.02 Å². The molecule has 0 bridgehead atoms. The standard InChI is InChI=1S/C14H9BrClF2NO/c1-7-5-6-9(17)11(13(7)18)14(20)19-10-4-2-3-8(16)12(10)15/h2-6H,1H3,(H,19,20). The quantitative estimate of drug-likeness (QED) is 0.807. The first-order chi connectivity index (χ1) is 9.41. The summed E-state index contributed by atoms with van der Waals surface area (Å²) in [5, 5.41) is 2.81. The van der Waals surface area contributed by atoms with Crippen LogP contribution in [0.4, 0.5) is 14.5 Å². The minimum atomic E-state index is -0.913. The summed E-state index contributed by atoms with van der Waals surface area (Å²) in [6.07, 6.45) is 0. The fourth-order valence-electron chi connectivity index (χ4n) is 1.65. The van der Waals surface area contributed by atoms with Gasteiger partial charge in [-0.3, -0.25) is 4.79 Å². The van der Waals surface area contributed by atoms with Crippen molar-refractivity contribution >= 4 is 39.1 Å². The largest absolute Gasteiger partial charge is 0.321 e. The molecule has 6 heteroatoms. The predicted octanol–water partition coefficient (Wildman–Crippen LogP) is 4.94. The summed E-state index contributed by atoms with van der Waals surface area (Å²) >= 11 is 9.08. The zero-order valence-corrected chi connectivity index (χ0v) is 12.6. The molecule has 0 saturated heterocycles. The molecule has 2 aromatic rings. The summed E-state index contributed by atoms with van der Waals surface area (Å²) in [7, 11) is 0. The Morgan fingerprint density at radius 2 is 1.95 bits per heavy atom. The van der Waals surface area contributed by atoms with Crippen LogP contribution >= 0.6 is 27.5 Å². The molecule has 0 fully saturated rings. The van der Waals surface area contributed by atoms with E-state index in [9.17, 15) is 13.6 Å². The highest BCUT2D eigenvalue weighted by molar-refractivity contribution is 9.10. The minimum absolute atomic E-state index is 0.196. The lowest BCUT2D eigenvalue weighted by Crippen LogP contribution is -2.16. The van der Waals surface area contributed by atoms with Gasteiger partial charge in [-0.2, -0.15) is 0 Å². The van der Waals surface area contributed by atoms with E-state index in [0.717, 1.165) is 6.07 Å².